The first kappa shape index (κ1) is 28.6. The molecular formula is C35H36FN3O6. The molecule has 0 aliphatic carbocycles. The molecule has 45 heavy (non-hydrogen) atoms. The van der Waals surface area contributed by atoms with Crippen molar-refractivity contribution in [3.63, 3.8) is 0 Å². The minimum Gasteiger partial charge on any atom is -0.470 e. The van der Waals surface area contributed by atoms with E-state index in [4.69, 9.17) is 23.9 Å². The molecule has 2 aromatic heterocycles. The molecule has 6 heterocycles. The van der Waals surface area contributed by atoms with Gasteiger partial charge in [-0.1, -0.05) is 36.4 Å². The van der Waals surface area contributed by atoms with Crippen LogP contribution in [0.25, 0.3) is 33.4 Å². The van der Waals surface area contributed by atoms with E-state index < -0.39 is 24.1 Å². The molecule has 8 rings (SSSR count). The molecule has 0 spiro atoms. The van der Waals surface area contributed by atoms with Crippen LogP contribution < -0.4 is 4.74 Å². The fraction of sp³-hybridized carbons (Fsp3) is 0.429. The van der Waals surface area contributed by atoms with Crippen LogP contribution in [-0.2, 0) is 14.2 Å². The number of likely N-dealkylation sites (tertiary alicyclic amines) is 1. The summed E-state index contributed by atoms with van der Waals surface area (Å²) in [5, 5.41) is 10.2. The van der Waals surface area contributed by atoms with Crippen molar-refractivity contribution < 1.29 is 33.2 Å². The molecule has 3 unspecified atom stereocenters. The number of ether oxygens (including phenoxy) is 4. The van der Waals surface area contributed by atoms with Gasteiger partial charge in [-0.3, -0.25) is 9.36 Å². The summed E-state index contributed by atoms with van der Waals surface area (Å²) >= 11 is 0. The SMILES string of the molecule is O=C(c1ccc(-c2ccc(-c3nc4cc(O[C@@H]5COC6C5OC[C@H]6O)n(C5CCCCO5)c4cc3F)cc2)cc1)N1CCCC1. The van der Waals surface area contributed by atoms with Crippen molar-refractivity contribution in [3.8, 4) is 28.3 Å². The highest BCUT2D eigenvalue weighted by Gasteiger charge is 2.49. The van der Waals surface area contributed by atoms with Gasteiger partial charge in [0.25, 0.3) is 5.91 Å². The Kier molecular flexibility index (Phi) is 7.53. The summed E-state index contributed by atoms with van der Waals surface area (Å²) in [5.41, 5.74) is 4.74. The van der Waals surface area contributed by atoms with Crippen molar-refractivity contribution in [2.75, 3.05) is 32.9 Å². The lowest BCUT2D eigenvalue weighted by atomic mass is 10.0. The Morgan fingerprint density at radius 2 is 1.58 bits per heavy atom. The molecule has 0 saturated carbocycles. The molecule has 4 aromatic rings. The molecule has 4 saturated heterocycles. The van der Waals surface area contributed by atoms with Crippen molar-refractivity contribution in [2.24, 2.45) is 0 Å². The first-order valence-corrected chi connectivity index (χ1v) is 15.9. The quantitative estimate of drug-likeness (QED) is 0.313. The van der Waals surface area contributed by atoms with Crippen LogP contribution in [0.5, 0.6) is 5.88 Å². The number of amides is 1. The first-order valence-electron chi connectivity index (χ1n) is 15.9. The van der Waals surface area contributed by atoms with Gasteiger partial charge in [-0.25, -0.2) is 9.37 Å². The van der Waals surface area contributed by atoms with E-state index in [9.17, 15) is 9.90 Å². The molecule has 4 aliphatic heterocycles. The zero-order valence-electron chi connectivity index (χ0n) is 24.9. The average molecular weight is 614 g/mol. The van der Waals surface area contributed by atoms with Crippen molar-refractivity contribution >= 4 is 16.9 Å². The maximum atomic E-state index is 15.8. The number of halogens is 1. The molecule has 1 N–H and O–H groups in total. The van der Waals surface area contributed by atoms with E-state index in [0.29, 0.717) is 34.6 Å². The van der Waals surface area contributed by atoms with Gasteiger partial charge in [0.2, 0.25) is 0 Å². The predicted molar refractivity (Wildman–Crippen MR) is 164 cm³/mol. The summed E-state index contributed by atoms with van der Waals surface area (Å²) in [6.07, 6.45) is 2.69. The van der Waals surface area contributed by atoms with Gasteiger partial charge < -0.3 is 29.0 Å². The molecule has 0 radical (unpaired) electrons. The molecule has 4 aliphatic rings. The number of fused-ring (bicyclic) bond motifs is 2. The van der Waals surface area contributed by atoms with E-state index in [1.807, 2.05) is 64.1 Å². The van der Waals surface area contributed by atoms with Gasteiger partial charge in [-0.15, -0.1) is 0 Å². The number of aliphatic hydroxyl groups is 1. The first-order chi connectivity index (χ1) is 22.0. The summed E-state index contributed by atoms with van der Waals surface area (Å²) in [6.45, 7) is 2.76. The van der Waals surface area contributed by atoms with E-state index >= 15 is 4.39 Å². The van der Waals surface area contributed by atoms with Gasteiger partial charge in [0, 0.05) is 43.0 Å². The number of hydrogen-bond acceptors (Lipinski definition) is 7. The molecular weight excluding hydrogens is 577 g/mol. The minimum atomic E-state index is -0.677. The monoisotopic (exact) mass is 613 g/mol. The zero-order valence-corrected chi connectivity index (χ0v) is 24.9. The Morgan fingerprint density at radius 1 is 0.867 bits per heavy atom. The number of benzene rings is 2. The fourth-order valence-corrected chi connectivity index (χ4v) is 7.04. The van der Waals surface area contributed by atoms with E-state index in [0.717, 1.165) is 56.3 Å². The summed E-state index contributed by atoms with van der Waals surface area (Å²) in [7, 11) is 0. The number of hydrogen-bond donors (Lipinski definition) is 1. The van der Waals surface area contributed by atoms with Crippen molar-refractivity contribution in [1.29, 1.82) is 0 Å². The zero-order chi connectivity index (χ0) is 30.5. The Hall–Kier alpha value is -3.83. The van der Waals surface area contributed by atoms with Crippen LogP contribution in [0.15, 0.2) is 60.7 Å². The highest BCUT2D eigenvalue weighted by Crippen LogP contribution is 2.38. The Morgan fingerprint density at radius 3 is 2.31 bits per heavy atom. The summed E-state index contributed by atoms with van der Waals surface area (Å²) in [5.74, 6) is 0.158. The molecule has 5 atom stereocenters. The van der Waals surface area contributed by atoms with Gasteiger partial charge >= 0.3 is 0 Å². The topological polar surface area (TPSA) is 95.3 Å². The van der Waals surface area contributed by atoms with Crippen LogP contribution in [0.4, 0.5) is 4.39 Å². The molecule has 2 aromatic carbocycles. The third-order valence-corrected chi connectivity index (χ3v) is 9.46. The minimum absolute atomic E-state index is 0.0789. The Balaban J connectivity index is 1.07. The van der Waals surface area contributed by atoms with Crippen molar-refractivity contribution in [1.82, 2.24) is 14.5 Å². The van der Waals surface area contributed by atoms with Crippen LogP contribution in [0.2, 0.25) is 0 Å². The maximum absolute atomic E-state index is 15.8. The molecule has 9 nitrogen and oxygen atoms in total. The molecule has 1 amide bonds. The second-order valence-electron chi connectivity index (χ2n) is 12.4. The summed E-state index contributed by atoms with van der Waals surface area (Å²) in [4.78, 5) is 19.4. The molecule has 234 valence electrons. The van der Waals surface area contributed by atoms with E-state index in [1.165, 1.54) is 6.07 Å². The Bertz CT molecular complexity index is 1700. The van der Waals surface area contributed by atoms with Crippen LogP contribution in [-0.4, -0.2) is 82.8 Å². The smallest absolute Gasteiger partial charge is 0.253 e. The van der Waals surface area contributed by atoms with Gasteiger partial charge in [0.1, 0.15) is 30.2 Å². The number of carbonyl (C=O) groups is 1. The maximum Gasteiger partial charge on any atom is 0.253 e. The number of rotatable bonds is 6. The molecule has 10 heteroatoms. The standard InChI is InChI=1S/C35H36FN3O6/c36-25-17-27-26(18-31(39(27)30-5-1-4-16-42-30)45-29-20-44-33-28(40)19-43-34(29)33)37-32(25)23-10-6-21(7-11-23)22-8-12-24(13-9-22)35(41)38-14-2-3-15-38/h6-13,17-18,28-30,33-34,40H,1-5,14-16,19-20H2/t28-,29-,30?,33?,34?/m1/s1. The van der Waals surface area contributed by atoms with Gasteiger partial charge in [0.05, 0.1) is 24.2 Å². The largest absolute Gasteiger partial charge is 0.470 e. The highest BCUT2D eigenvalue weighted by atomic mass is 19.1. The van der Waals surface area contributed by atoms with E-state index in [2.05, 4.69) is 0 Å². The molecule has 0 bridgehead atoms. The lowest BCUT2D eigenvalue weighted by Crippen LogP contribution is -2.35. The lowest BCUT2D eigenvalue weighted by Gasteiger charge is -2.27. The second kappa shape index (κ2) is 11.8. The van der Waals surface area contributed by atoms with Crippen LogP contribution in [0.3, 0.4) is 0 Å². The van der Waals surface area contributed by atoms with E-state index in [-0.39, 0.29) is 37.1 Å². The third-order valence-electron chi connectivity index (χ3n) is 9.46. The number of carbonyl (C=O) groups excluding carboxylic acids is 1. The van der Waals surface area contributed by atoms with Crippen molar-refractivity contribution in [3.05, 3.63) is 72.0 Å². The number of aromatic nitrogens is 2. The van der Waals surface area contributed by atoms with Gasteiger partial charge in [0.15, 0.2) is 17.8 Å². The number of pyridine rings is 1. The van der Waals surface area contributed by atoms with Crippen LogP contribution in [0.1, 0.15) is 48.7 Å². The summed E-state index contributed by atoms with van der Waals surface area (Å²) in [6, 6.07) is 18.6. The van der Waals surface area contributed by atoms with E-state index in [1.54, 1.807) is 0 Å². The number of aliphatic hydroxyl groups excluding tert-OH is 1. The number of nitrogens with zero attached hydrogens (tertiary/aromatic N) is 3. The lowest BCUT2D eigenvalue weighted by molar-refractivity contribution is -0.0392. The fourth-order valence-electron chi connectivity index (χ4n) is 7.04. The Labute approximate surface area is 260 Å². The van der Waals surface area contributed by atoms with Gasteiger partial charge in [-0.2, -0.15) is 0 Å². The van der Waals surface area contributed by atoms with Crippen LogP contribution in [0, 0.1) is 5.82 Å². The normalized spacial score (nSPS) is 26.4. The van der Waals surface area contributed by atoms with Crippen LogP contribution >= 0.6 is 0 Å². The summed E-state index contributed by atoms with van der Waals surface area (Å²) < 4.78 is 41.8. The van der Waals surface area contributed by atoms with Gasteiger partial charge in [-0.05, 0) is 55.4 Å². The van der Waals surface area contributed by atoms with Crippen molar-refractivity contribution in [2.45, 2.75) is 62.7 Å². The third kappa shape index (κ3) is 5.29. The predicted octanol–water partition coefficient (Wildman–Crippen LogP) is 5.35. The average Bonchev–Trinajstić information content (AvgIpc) is 3.88. The molecule has 4 fully saturated rings. The second-order valence-corrected chi connectivity index (χ2v) is 12.4. The highest BCUT2D eigenvalue weighted by molar-refractivity contribution is 5.95.